The van der Waals surface area contributed by atoms with Gasteiger partial charge in [-0.15, -0.1) is 0 Å². The molecule has 2 aromatic heterocycles. The van der Waals surface area contributed by atoms with E-state index in [2.05, 4.69) is 9.53 Å². The summed E-state index contributed by atoms with van der Waals surface area (Å²) in [6, 6.07) is 3.19. The van der Waals surface area contributed by atoms with Crippen molar-refractivity contribution in [2.75, 3.05) is 38.2 Å². The summed E-state index contributed by atoms with van der Waals surface area (Å²) >= 11 is 1.15. The van der Waals surface area contributed by atoms with E-state index >= 15 is 4.39 Å². The van der Waals surface area contributed by atoms with Crippen molar-refractivity contribution in [2.24, 2.45) is 22.0 Å². The van der Waals surface area contributed by atoms with Crippen LogP contribution in [0.5, 0.6) is 0 Å². The summed E-state index contributed by atoms with van der Waals surface area (Å²) in [4.78, 5) is 33.0. The number of halogens is 1. The van der Waals surface area contributed by atoms with Gasteiger partial charge in [0.1, 0.15) is 23.1 Å². The van der Waals surface area contributed by atoms with Gasteiger partial charge in [-0.3, -0.25) is 14.0 Å². The number of oxime groups is 1. The van der Waals surface area contributed by atoms with Crippen LogP contribution in [0.1, 0.15) is 31.7 Å². The van der Waals surface area contributed by atoms with Crippen molar-refractivity contribution in [3.8, 4) is 0 Å². The number of anilines is 1. The third-order valence-corrected chi connectivity index (χ3v) is 7.72. The Morgan fingerprint density at radius 1 is 1.27 bits per heavy atom. The Bertz CT molecular complexity index is 1370. The minimum Gasteiger partial charge on any atom is -0.399 e. The third kappa shape index (κ3) is 3.46. The lowest BCUT2D eigenvalue weighted by atomic mass is 9.79. The molecule has 3 aromatic rings. The normalized spacial score (nSPS) is 19.3. The van der Waals surface area contributed by atoms with Crippen LogP contribution in [0.2, 0.25) is 0 Å². The van der Waals surface area contributed by atoms with Crippen molar-refractivity contribution in [1.82, 2.24) is 8.94 Å². The number of H-pyrrole nitrogens is 1. The molecule has 0 amide bonds. The molecule has 0 radical (unpaired) electrons. The number of hydrogen-bond acceptors (Lipinski definition) is 8. The minimum absolute atomic E-state index is 0.104. The molecule has 11 heteroatoms. The molecular formula is C22H27FN6O3S. The van der Waals surface area contributed by atoms with Crippen LogP contribution in [-0.2, 0) is 4.84 Å². The Balaban J connectivity index is 1.70. The van der Waals surface area contributed by atoms with E-state index in [0.29, 0.717) is 55.1 Å². The van der Waals surface area contributed by atoms with Gasteiger partial charge < -0.3 is 25.8 Å². The SMILES string of the molecule is CON=C1CN(c2cc3c(cc2F)c(=O)c2c(=O)[nH]sc2n3C2CC2)CC1(CCN)CCN. The molecule has 0 bridgehead atoms. The van der Waals surface area contributed by atoms with Gasteiger partial charge in [0.2, 0.25) is 5.43 Å². The first-order valence-corrected chi connectivity index (χ1v) is 11.9. The topological polar surface area (TPSA) is 132 Å². The van der Waals surface area contributed by atoms with Gasteiger partial charge in [0, 0.05) is 23.4 Å². The van der Waals surface area contributed by atoms with Crippen LogP contribution in [-0.4, -0.2) is 47.9 Å². The molecule has 3 heterocycles. The molecule has 1 saturated heterocycles. The number of nitrogens with zero attached hydrogens (tertiary/aromatic N) is 3. The molecule has 1 aliphatic heterocycles. The molecule has 0 atom stereocenters. The molecule has 9 nitrogen and oxygen atoms in total. The second-order valence-electron chi connectivity index (χ2n) is 8.90. The quantitative estimate of drug-likeness (QED) is 0.448. The predicted octanol–water partition coefficient (Wildman–Crippen LogP) is 1.88. The molecule has 2 aliphatic rings. The van der Waals surface area contributed by atoms with E-state index in [4.69, 9.17) is 16.3 Å². The zero-order valence-electron chi connectivity index (χ0n) is 18.4. The molecule has 1 saturated carbocycles. The van der Waals surface area contributed by atoms with Gasteiger partial charge in [0.25, 0.3) is 5.56 Å². The molecule has 33 heavy (non-hydrogen) atoms. The summed E-state index contributed by atoms with van der Waals surface area (Å²) in [6.45, 7) is 1.77. The largest absolute Gasteiger partial charge is 0.399 e. The average molecular weight is 475 g/mol. The highest BCUT2D eigenvalue weighted by Crippen LogP contribution is 2.42. The Morgan fingerprint density at radius 2 is 2.00 bits per heavy atom. The van der Waals surface area contributed by atoms with Gasteiger partial charge >= 0.3 is 0 Å². The van der Waals surface area contributed by atoms with Crippen molar-refractivity contribution in [3.63, 3.8) is 0 Å². The molecule has 176 valence electrons. The second-order valence-corrected chi connectivity index (χ2v) is 9.69. The molecule has 0 unspecified atom stereocenters. The fourth-order valence-corrected chi connectivity index (χ4v) is 6.09. The van der Waals surface area contributed by atoms with E-state index in [9.17, 15) is 9.59 Å². The Labute approximate surface area is 192 Å². The van der Waals surface area contributed by atoms with Crippen LogP contribution < -0.4 is 27.4 Å². The number of benzene rings is 1. The lowest BCUT2D eigenvalue weighted by Crippen LogP contribution is -2.36. The molecule has 5 rings (SSSR count). The third-order valence-electron chi connectivity index (χ3n) is 6.84. The van der Waals surface area contributed by atoms with E-state index < -0.39 is 22.2 Å². The van der Waals surface area contributed by atoms with Crippen LogP contribution in [0, 0.1) is 11.2 Å². The van der Waals surface area contributed by atoms with Crippen molar-refractivity contribution in [2.45, 2.75) is 31.7 Å². The molecular weight excluding hydrogens is 447 g/mol. The monoisotopic (exact) mass is 474 g/mol. The molecule has 2 fully saturated rings. The summed E-state index contributed by atoms with van der Waals surface area (Å²) in [5.41, 5.74) is 12.4. The Hall–Kier alpha value is -2.76. The molecule has 5 N–H and O–H groups in total. The molecule has 0 spiro atoms. The summed E-state index contributed by atoms with van der Waals surface area (Å²) < 4.78 is 20.2. The van der Waals surface area contributed by atoms with Gasteiger partial charge in [-0.1, -0.05) is 5.16 Å². The average Bonchev–Trinajstić information content (AvgIpc) is 3.46. The Kier molecular flexibility index (Phi) is 5.50. The molecule has 1 aromatic carbocycles. The van der Waals surface area contributed by atoms with Gasteiger partial charge in [0.15, 0.2) is 0 Å². The van der Waals surface area contributed by atoms with Crippen molar-refractivity contribution >= 4 is 44.1 Å². The first-order valence-electron chi connectivity index (χ1n) is 11.1. The van der Waals surface area contributed by atoms with Crippen LogP contribution in [0.3, 0.4) is 0 Å². The van der Waals surface area contributed by atoms with E-state index in [1.807, 2.05) is 9.47 Å². The van der Waals surface area contributed by atoms with Crippen LogP contribution in [0.4, 0.5) is 10.1 Å². The fourth-order valence-electron chi connectivity index (χ4n) is 5.17. The summed E-state index contributed by atoms with van der Waals surface area (Å²) in [6.07, 6.45) is 3.22. The van der Waals surface area contributed by atoms with Gasteiger partial charge in [-0.25, -0.2) is 4.39 Å². The number of nitrogens with one attached hydrogen (secondary N) is 1. The number of aromatic nitrogens is 2. The second kappa shape index (κ2) is 8.23. The number of pyridine rings is 1. The van der Waals surface area contributed by atoms with E-state index in [1.54, 1.807) is 6.07 Å². The number of rotatable bonds is 7. The number of fused-ring (bicyclic) bond motifs is 2. The fraction of sp³-hybridized carbons (Fsp3) is 0.500. The van der Waals surface area contributed by atoms with Crippen molar-refractivity contribution in [3.05, 3.63) is 38.5 Å². The zero-order valence-corrected chi connectivity index (χ0v) is 19.2. The minimum atomic E-state index is -0.513. The van der Waals surface area contributed by atoms with Crippen LogP contribution >= 0.6 is 11.5 Å². The van der Waals surface area contributed by atoms with Crippen molar-refractivity contribution in [1.29, 1.82) is 0 Å². The first-order chi connectivity index (χ1) is 15.9. The van der Waals surface area contributed by atoms with Gasteiger partial charge in [-0.05, 0) is 62.4 Å². The maximum atomic E-state index is 15.5. The highest BCUT2D eigenvalue weighted by molar-refractivity contribution is 7.12. The summed E-state index contributed by atoms with van der Waals surface area (Å²) in [5, 5.41) is 4.57. The highest BCUT2D eigenvalue weighted by Gasteiger charge is 2.44. The zero-order chi connectivity index (χ0) is 23.3. The van der Waals surface area contributed by atoms with E-state index in [0.717, 1.165) is 30.1 Å². The Morgan fingerprint density at radius 3 is 2.64 bits per heavy atom. The lowest BCUT2D eigenvalue weighted by Gasteiger charge is -2.29. The number of nitrogens with two attached hydrogens (primary N) is 2. The highest BCUT2D eigenvalue weighted by atomic mass is 32.1. The lowest BCUT2D eigenvalue weighted by molar-refractivity contribution is 0.207. The smallest absolute Gasteiger partial charge is 0.271 e. The maximum absolute atomic E-state index is 15.5. The number of aromatic amines is 1. The van der Waals surface area contributed by atoms with Crippen LogP contribution in [0.15, 0.2) is 26.9 Å². The number of hydrogen-bond donors (Lipinski definition) is 3. The van der Waals surface area contributed by atoms with Crippen molar-refractivity contribution < 1.29 is 9.23 Å². The van der Waals surface area contributed by atoms with E-state index in [1.165, 1.54) is 13.2 Å². The van der Waals surface area contributed by atoms with Gasteiger partial charge in [-0.2, -0.15) is 0 Å². The first kappa shape index (κ1) is 22.1. The molecule has 1 aliphatic carbocycles. The van der Waals surface area contributed by atoms with E-state index in [-0.39, 0.29) is 16.8 Å². The summed E-state index contributed by atoms with van der Waals surface area (Å²) in [7, 11) is 1.49. The van der Waals surface area contributed by atoms with Gasteiger partial charge in [0.05, 0.1) is 23.5 Å². The predicted molar refractivity (Wildman–Crippen MR) is 129 cm³/mol. The standard InChI is InChI=1S/C22H27FN6O3S/c1-32-26-17-10-28(11-22(17,4-6-24)5-7-25)16-9-15-13(8-14(16)23)19(30)18-20(31)27-33-21(18)29(15)12-2-3-12/h8-9,12H,2-7,10-11,24-25H2,1H3,(H,27,31). The summed E-state index contributed by atoms with van der Waals surface area (Å²) in [5.74, 6) is -0.513. The van der Waals surface area contributed by atoms with Crippen LogP contribution in [0.25, 0.3) is 21.1 Å². The maximum Gasteiger partial charge on any atom is 0.271 e.